The van der Waals surface area contributed by atoms with Gasteiger partial charge in [-0.15, -0.1) is 0 Å². The second kappa shape index (κ2) is 6.53. The monoisotopic (exact) mass is 322 g/mol. The molecule has 0 heterocycles. The van der Waals surface area contributed by atoms with Gasteiger partial charge in [-0.05, 0) is 37.3 Å². The van der Waals surface area contributed by atoms with Crippen molar-refractivity contribution in [3.8, 4) is 0 Å². The van der Waals surface area contributed by atoms with Crippen molar-refractivity contribution in [3.63, 3.8) is 0 Å². The fraction of sp³-hybridized carbons (Fsp3) is 0.133. The molecule has 22 heavy (non-hydrogen) atoms. The maximum absolute atomic E-state index is 13.0. The molecule has 0 unspecified atom stereocenters. The number of non-ortho nitro benzene ring substituents is 1. The fourth-order valence-corrected chi connectivity index (χ4v) is 2.20. The van der Waals surface area contributed by atoms with Crippen molar-refractivity contribution in [1.29, 1.82) is 0 Å². The molecule has 0 fully saturated rings. The quantitative estimate of drug-likeness (QED) is 0.630. The standard InChI is InChI=1S/C15H12ClFN2O3/c1-2-18(11-5-3-10(17)4-6-11)15(20)13-9-12(19(21)22)7-8-14(13)16/h3-9H,2H2,1H3. The molecule has 0 atom stereocenters. The summed E-state index contributed by atoms with van der Waals surface area (Å²) in [6.07, 6.45) is 0. The number of carbonyl (C=O) groups excluding carboxylic acids is 1. The SMILES string of the molecule is CCN(C(=O)c1cc([N+](=O)[O-])ccc1Cl)c1ccc(F)cc1. The van der Waals surface area contributed by atoms with E-state index in [1.165, 1.54) is 41.3 Å². The van der Waals surface area contributed by atoms with Crippen molar-refractivity contribution in [3.05, 3.63) is 69.0 Å². The van der Waals surface area contributed by atoms with Crippen LogP contribution in [0.5, 0.6) is 0 Å². The van der Waals surface area contributed by atoms with Gasteiger partial charge in [0.15, 0.2) is 0 Å². The first kappa shape index (κ1) is 15.9. The van der Waals surface area contributed by atoms with E-state index in [-0.39, 0.29) is 16.3 Å². The van der Waals surface area contributed by atoms with Crippen LogP contribution in [0.3, 0.4) is 0 Å². The Balaban J connectivity index is 2.42. The maximum Gasteiger partial charge on any atom is 0.270 e. The number of nitro groups is 1. The highest BCUT2D eigenvalue weighted by atomic mass is 35.5. The van der Waals surface area contributed by atoms with Crippen LogP contribution in [0.1, 0.15) is 17.3 Å². The number of rotatable bonds is 4. The van der Waals surface area contributed by atoms with E-state index in [9.17, 15) is 19.3 Å². The maximum atomic E-state index is 13.0. The minimum Gasteiger partial charge on any atom is -0.309 e. The third-order valence-corrected chi connectivity index (χ3v) is 3.42. The zero-order chi connectivity index (χ0) is 16.3. The minimum atomic E-state index is -0.596. The van der Waals surface area contributed by atoms with E-state index in [0.717, 1.165) is 6.07 Å². The van der Waals surface area contributed by atoms with Gasteiger partial charge < -0.3 is 4.90 Å². The van der Waals surface area contributed by atoms with E-state index in [0.29, 0.717) is 12.2 Å². The molecular formula is C15H12ClFN2O3. The molecule has 0 aliphatic carbocycles. The summed E-state index contributed by atoms with van der Waals surface area (Å²) < 4.78 is 13.0. The van der Waals surface area contributed by atoms with Gasteiger partial charge in [-0.3, -0.25) is 14.9 Å². The molecule has 0 saturated heterocycles. The highest BCUT2D eigenvalue weighted by Gasteiger charge is 2.21. The van der Waals surface area contributed by atoms with Gasteiger partial charge in [0.05, 0.1) is 15.5 Å². The Labute approximate surface area is 131 Å². The Morgan fingerprint density at radius 2 is 1.91 bits per heavy atom. The molecule has 114 valence electrons. The molecule has 0 saturated carbocycles. The Kier molecular flexibility index (Phi) is 4.72. The van der Waals surface area contributed by atoms with Crippen molar-refractivity contribution >= 4 is 28.9 Å². The van der Waals surface area contributed by atoms with Gasteiger partial charge in [-0.25, -0.2) is 4.39 Å². The van der Waals surface area contributed by atoms with Crippen LogP contribution in [-0.4, -0.2) is 17.4 Å². The highest BCUT2D eigenvalue weighted by Crippen LogP contribution is 2.25. The largest absolute Gasteiger partial charge is 0.309 e. The molecule has 0 spiro atoms. The van der Waals surface area contributed by atoms with Crippen LogP contribution in [0.4, 0.5) is 15.8 Å². The number of carbonyl (C=O) groups is 1. The lowest BCUT2D eigenvalue weighted by molar-refractivity contribution is -0.384. The molecule has 2 rings (SSSR count). The minimum absolute atomic E-state index is 0.0297. The number of hydrogen-bond acceptors (Lipinski definition) is 3. The van der Waals surface area contributed by atoms with Crippen LogP contribution in [0.15, 0.2) is 42.5 Å². The second-order valence-corrected chi connectivity index (χ2v) is 4.85. The number of anilines is 1. The lowest BCUT2D eigenvalue weighted by Crippen LogP contribution is -2.30. The van der Waals surface area contributed by atoms with E-state index in [1.54, 1.807) is 6.92 Å². The van der Waals surface area contributed by atoms with Crippen molar-refractivity contribution in [2.45, 2.75) is 6.92 Å². The summed E-state index contributed by atoms with van der Waals surface area (Å²) in [5.41, 5.74) is 0.293. The molecule has 0 radical (unpaired) electrons. The first-order valence-corrected chi connectivity index (χ1v) is 6.83. The second-order valence-electron chi connectivity index (χ2n) is 4.45. The number of benzene rings is 2. The molecule has 0 bridgehead atoms. The van der Waals surface area contributed by atoms with Crippen molar-refractivity contribution in [2.75, 3.05) is 11.4 Å². The molecule has 0 N–H and O–H groups in total. The van der Waals surface area contributed by atoms with Crippen molar-refractivity contribution < 1.29 is 14.1 Å². The number of halogens is 2. The van der Waals surface area contributed by atoms with Crippen LogP contribution >= 0.6 is 11.6 Å². The predicted molar refractivity (Wildman–Crippen MR) is 81.9 cm³/mol. The molecular weight excluding hydrogens is 311 g/mol. The summed E-state index contributed by atoms with van der Waals surface area (Å²) in [6, 6.07) is 9.07. The molecule has 7 heteroatoms. The average molecular weight is 323 g/mol. The van der Waals surface area contributed by atoms with Gasteiger partial charge in [0.2, 0.25) is 0 Å². The van der Waals surface area contributed by atoms with E-state index in [2.05, 4.69) is 0 Å². The molecule has 2 aromatic rings. The smallest absolute Gasteiger partial charge is 0.270 e. The number of amides is 1. The predicted octanol–water partition coefficient (Wildman–Crippen LogP) is 4.05. The highest BCUT2D eigenvalue weighted by molar-refractivity contribution is 6.34. The summed E-state index contributed by atoms with van der Waals surface area (Å²) in [7, 11) is 0. The average Bonchev–Trinajstić information content (AvgIpc) is 2.50. The van der Waals surface area contributed by atoms with Crippen LogP contribution < -0.4 is 4.90 Å². The summed E-state index contributed by atoms with van der Waals surface area (Å²) >= 11 is 5.98. The Bertz CT molecular complexity index is 719. The van der Waals surface area contributed by atoms with Crippen LogP contribution in [0.25, 0.3) is 0 Å². The van der Waals surface area contributed by atoms with E-state index < -0.39 is 16.6 Å². The molecule has 0 aliphatic rings. The van der Waals surface area contributed by atoms with Crippen molar-refractivity contribution in [2.24, 2.45) is 0 Å². The first-order valence-electron chi connectivity index (χ1n) is 6.45. The van der Waals surface area contributed by atoms with Gasteiger partial charge in [0.1, 0.15) is 5.82 Å². The zero-order valence-corrected chi connectivity index (χ0v) is 12.4. The van der Waals surface area contributed by atoms with E-state index >= 15 is 0 Å². The number of nitro benzene ring substituents is 1. The lowest BCUT2D eigenvalue weighted by atomic mass is 10.1. The Hall–Kier alpha value is -2.47. The topological polar surface area (TPSA) is 63.5 Å². The van der Waals surface area contributed by atoms with Crippen LogP contribution in [0, 0.1) is 15.9 Å². The molecule has 0 aromatic heterocycles. The van der Waals surface area contributed by atoms with E-state index in [1.807, 2.05) is 0 Å². The normalized spacial score (nSPS) is 10.3. The molecule has 1 amide bonds. The van der Waals surface area contributed by atoms with Crippen LogP contribution in [0.2, 0.25) is 5.02 Å². The van der Waals surface area contributed by atoms with Gasteiger partial charge >= 0.3 is 0 Å². The summed E-state index contributed by atoms with van der Waals surface area (Å²) in [5, 5.41) is 11.0. The molecule has 5 nitrogen and oxygen atoms in total. The zero-order valence-electron chi connectivity index (χ0n) is 11.6. The third kappa shape index (κ3) is 3.23. The lowest BCUT2D eigenvalue weighted by Gasteiger charge is -2.21. The summed E-state index contributed by atoms with van der Waals surface area (Å²) in [6.45, 7) is 2.05. The Morgan fingerprint density at radius 1 is 1.27 bits per heavy atom. The molecule has 0 aliphatic heterocycles. The summed E-state index contributed by atoms with van der Waals surface area (Å²) in [4.78, 5) is 24.2. The van der Waals surface area contributed by atoms with Gasteiger partial charge in [0, 0.05) is 24.4 Å². The number of hydrogen-bond donors (Lipinski definition) is 0. The van der Waals surface area contributed by atoms with Gasteiger partial charge in [-0.2, -0.15) is 0 Å². The molecule has 2 aromatic carbocycles. The van der Waals surface area contributed by atoms with E-state index in [4.69, 9.17) is 11.6 Å². The van der Waals surface area contributed by atoms with Crippen LogP contribution in [-0.2, 0) is 0 Å². The summed E-state index contributed by atoms with van der Waals surface area (Å²) in [5.74, 6) is -0.900. The third-order valence-electron chi connectivity index (χ3n) is 3.09. The fourth-order valence-electron chi connectivity index (χ4n) is 2.00. The Morgan fingerprint density at radius 3 is 2.45 bits per heavy atom. The van der Waals surface area contributed by atoms with Gasteiger partial charge in [-0.1, -0.05) is 11.6 Å². The van der Waals surface area contributed by atoms with Gasteiger partial charge in [0.25, 0.3) is 11.6 Å². The number of nitrogens with zero attached hydrogens (tertiary/aromatic N) is 2. The first-order chi connectivity index (χ1) is 10.4. The van der Waals surface area contributed by atoms with Crippen molar-refractivity contribution in [1.82, 2.24) is 0 Å².